The first-order valence-corrected chi connectivity index (χ1v) is 14.7. The Kier molecular flexibility index (Phi) is 8.62. The minimum absolute atomic E-state index is 0.0314. The second-order valence-corrected chi connectivity index (χ2v) is 12.6. The molecule has 0 spiro atoms. The zero-order valence-corrected chi connectivity index (χ0v) is 23.6. The lowest BCUT2D eigenvalue weighted by Crippen LogP contribution is -2.42. The van der Waals surface area contributed by atoms with Gasteiger partial charge in [0.1, 0.15) is 10.6 Å². The Hall–Kier alpha value is -3.03. The summed E-state index contributed by atoms with van der Waals surface area (Å²) >= 11 is 12.9. The Labute approximate surface area is 238 Å². The summed E-state index contributed by atoms with van der Waals surface area (Å²) in [4.78, 5) is 22.9. The lowest BCUT2D eigenvalue weighted by molar-refractivity contribution is -0.139. The molecule has 4 N–H and O–H groups in total. The predicted octanol–water partition coefficient (Wildman–Crippen LogP) is 5.16. The van der Waals surface area contributed by atoms with Crippen LogP contribution >= 0.6 is 34.5 Å². The number of benzene rings is 2. The van der Waals surface area contributed by atoms with Crippen molar-refractivity contribution < 1.29 is 38.1 Å². The molecule has 1 saturated heterocycles. The van der Waals surface area contributed by atoms with E-state index in [2.05, 4.69) is 5.32 Å². The molecule has 1 aromatic heterocycles. The monoisotopic (exact) mass is 614 g/mol. The third kappa shape index (κ3) is 6.25. The van der Waals surface area contributed by atoms with E-state index in [1.807, 2.05) is 18.2 Å². The van der Waals surface area contributed by atoms with Gasteiger partial charge in [-0.3, -0.25) is 0 Å². The number of nitrogens with one attached hydrogen (secondary N) is 1. The molecule has 2 aromatic carbocycles. The fourth-order valence-corrected chi connectivity index (χ4v) is 7.63. The molecule has 3 aromatic rings. The second-order valence-electron chi connectivity index (χ2n) is 8.84. The van der Waals surface area contributed by atoms with Crippen molar-refractivity contribution in [3.63, 3.8) is 0 Å². The Balaban J connectivity index is 1.48. The quantitative estimate of drug-likeness (QED) is 0.256. The molecular weight excluding hydrogens is 591 g/mol. The Morgan fingerprint density at radius 2 is 1.85 bits per heavy atom. The Morgan fingerprint density at radius 1 is 1.15 bits per heavy atom. The van der Waals surface area contributed by atoms with Gasteiger partial charge in [-0.25, -0.2) is 18.0 Å². The van der Waals surface area contributed by atoms with E-state index in [-0.39, 0.29) is 44.7 Å². The number of nitrogens with zero attached hydrogens (tertiary/aromatic N) is 1. The molecule has 10 nitrogen and oxygen atoms in total. The zero-order valence-electron chi connectivity index (χ0n) is 20.5. The molecule has 0 unspecified atom stereocenters. The number of hydrogen-bond acceptors (Lipinski definition) is 8. The van der Waals surface area contributed by atoms with Crippen LogP contribution in [0.1, 0.15) is 28.1 Å². The average Bonchev–Trinajstić information content (AvgIpc) is 3.21. The van der Waals surface area contributed by atoms with Gasteiger partial charge in [0.15, 0.2) is 17.2 Å². The van der Waals surface area contributed by atoms with Crippen LogP contribution in [0.15, 0.2) is 41.3 Å². The number of carboxylic acid groups (broad SMARTS) is 2. The number of phenols is 1. The molecule has 1 aliphatic rings. The van der Waals surface area contributed by atoms with Crippen LogP contribution in [0.3, 0.4) is 0 Å². The normalized spacial score (nSPS) is 14.7. The molecule has 39 heavy (non-hydrogen) atoms. The molecule has 14 heteroatoms. The van der Waals surface area contributed by atoms with E-state index in [1.54, 1.807) is 13.0 Å². The molecule has 0 bridgehead atoms. The highest BCUT2D eigenvalue weighted by Crippen LogP contribution is 2.42. The molecule has 208 valence electrons. The van der Waals surface area contributed by atoms with Crippen molar-refractivity contribution in [2.24, 2.45) is 0 Å². The molecule has 0 saturated carbocycles. The van der Waals surface area contributed by atoms with Crippen molar-refractivity contribution in [2.45, 2.75) is 30.7 Å². The lowest BCUT2D eigenvalue weighted by Gasteiger charge is -2.32. The Bertz CT molecular complexity index is 1530. The van der Waals surface area contributed by atoms with Crippen molar-refractivity contribution >= 4 is 62.2 Å². The SMILES string of the molecule is Cc1c(-c2cccc(NC3CCN(S(=O)(=O)c4cc(Cl)cc(Cl)c4O)CC3)c2)sc(C(=O)O)c1OCC(=O)O. The first kappa shape index (κ1) is 29.0. The standard InChI is InChI=1S/C25H24Cl2N2O8S2/c1-13-22(37-12-20(30)31)24(25(33)34)38-23(13)14-3-2-4-17(9-14)28-16-5-7-29(8-6-16)39(35,36)19-11-15(26)10-18(27)21(19)32/h2-4,9-11,16,28,32H,5-8,12H2,1H3,(H,30,31)(H,33,34). The number of phenolic OH excluding ortho intramolecular Hbond substituents is 1. The maximum atomic E-state index is 13.1. The van der Waals surface area contributed by atoms with E-state index in [0.29, 0.717) is 23.3 Å². The van der Waals surface area contributed by atoms with Crippen LogP contribution in [0.25, 0.3) is 10.4 Å². The summed E-state index contributed by atoms with van der Waals surface area (Å²) in [5.41, 5.74) is 2.01. The lowest BCUT2D eigenvalue weighted by atomic mass is 10.0. The van der Waals surface area contributed by atoms with Crippen LogP contribution in [0.2, 0.25) is 10.0 Å². The van der Waals surface area contributed by atoms with Gasteiger partial charge in [-0.2, -0.15) is 4.31 Å². The number of carboxylic acids is 2. The number of rotatable bonds is 9. The van der Waals surface area contributed by atoms with Gasteiger partial charge in [-0.1, -0.05) is 35.3 Å². The fourth-order valence-electron chi connectivity index (χ4n) is 4.33. The third-order valence-corrected chi connectivity index (χ3v) is 9.91. The van der Waals surface area contributed by atoms with Crippen molar-refractivity contribution in [2.75, 3.05) is 25.0 Å². The summed E-state index contributed by atoms with van der Waals surface area (Å²) in [6.07, 6.45) is 0.986. The van der Waals surface area contributed by atoms with Crippen LogP contribution in [-0.4, -0.2) is 65.7 Å². The molecule has 0 atom stereocenters. The van der Waals surface area contributed by atoms with Gasteiger partial charge in [0.25, 0.3) is 0 Å². The number of aromatic hydroxyl groups is 1. The zero-order chi connectivity index (χ0) is 28.5. The van der Waals surface area contributed by atoms with Crippen LogP contribution < -0.4 is 10.1 Å². The molecule has 4 rings (SSSR count). The summed E-state index contributed by atoms with van der Waals surface area (Å²) in [5.74, 6) is -2.93. The molecule has 0 amide bonds. The number of thiophene rings is 1. The number of piperidine rings is 1. The highest BCUT2D eigenvalue weighted by molar-refractivity contribution is 7.89. The summed E-state index contributed by atoms with van der Waals surface area (Å²) in [6, 6.07) is 9.72. The number of hydrogen-bond donors (Lipinski definition) is 4. The highest BCUT2D eigenvalue weighted by atomic mass is 35.5. The van der Waals surface area contributed by atoms with E-state index in [4.69, 9.17) is 33.0 Å². The fraction of sp³-hybridized carbons (Fsp3) is 0.280. The van der Waals surface area contributed by atoms with Crippen LogP contribution in [0.5, 0.6) is 11.5 Å². The topological polar surface area (TPSA) is 153 Å². The van der Waals surface area contributed by atoms with Crippen LogP contribution in [-0.2, 0) is 14.8 Å². The van der Waals surface area contributed by atoms with Gasteiger partial charge in [0.05, 0.1) is 5.02 Å². The van der Waals surface area contributed by atoms with E-state index in [0.717, 1.165) is 22.6 Å². The van der Waals surface area contributed by atoms with Gasteiger partial charge < -0.3 is 25.4 Å². The molecule has 0 aliphatic carbocycles. The average molecular weight is 616 g/mol. The summed E-state index contributed by atoms with van der Waals surface area (Å²) < 4.78 is 32.8. The van der Waals surface area contributed by atoms with E-state index >= 15 is 0 Å². The number of anilines is 1. The maximum Gasteiger partial charge on any atom is 0.349 e. The van der Waals surface area contributed by atoms with Crippen LogP contribution in [0, 0.1) is 6.92 Å². The van der Waals surface area contributed by atoms with Crippen molar-refractivity contribution in [3.05, 3.63) is 56.9 Å². The van der Waals surface area contributed by atoms with Gasteiger partial charge in [0, 0.05) is 40.3 Å². The summed E-state index contributed by atoms with van der Waals surface area (Å²) in [6.45, 7) is 1.44. The number of carbonyl (C=O) groups is 2. The molecule has 1 fully saturated rings. The van der Waals surface area contributed by atoms with Crippen molar-refractivity contribution in [1.29, 1.82) is 0 Å². The highest BCUT2D eigenvalue weighted by Gasteiger charge is 2.32. The number of halogens is 2. The maximum absolute atomic E-state index is 13.1. The minimum atomic E-state index is -4.01. The predicted molar refractivity (Wildman–Crippen MR) is 148 cm³/mol. The van der Waals surface area contributed by atoms with Gasteiger partial charge in [-0.05, 0) is 49.6 Å². The summed E-state index contributed by atoms with van der Waals surface area (Å²) in [5, 5.41) is 32.1. The van der Waals surface area contributed by atoms with Crippen molar-refractivity contribution in [3.8, 4) is 21.9 Å². The number of aliphatic carboxylic acids is 1. The number of sulfonamides is 1. The van der Waals surface area contributed by atoms with E-state index in [1.165, 1.54) is 16.4 Å². The molecule has 0 radical (unpaired) electrons. The molecular formula is C25H24Cl2N2O8S2. The first-order valence-electron chi connectivity index (χ1n) is 11.6. The number of aromatic carboxylic acids is 1. The van der Waals surface area contributed by atoms with Crippen molar-refractivity contribution in [1.82, 2.24) is 4.31 Å². The van der Waals surface area contributed by atoms with Gasteiger partial charge in [-0.15, -0.1) is 11.3 Å². The van der Waals surface area contributed by atoms with E-state index in [9.17, 15) is 28.2 Å². The smallest absolute Gasteiger partial charge is 0.349 e. The Morgan fingerprint density at radius 3 is 2.49 bits per heavy atom. The molecule has 2 heterocycles. The minimum Gasteiger partial charge on any atom is -0.505 e. The van der Waals surface area contributed by atoms with Gasteiger partial charge in [0.2, 0.25) is 10.0 Å². The van der Waals surface area contributed by atoms with E-state index < -0.39 is 34.3 Å². The van der Waals surface area contributed by atoms with Gasteiger partial charge >= 0.3 is 11.9 Å². The second kappa shape index (κ2) is 11.6. The molecule has 1 aliphatic heterocycles. The third-order valence-electron chi connectivity index (χ3n) is 6.19. The largest absolute Gasteiger partial charge is 0.505 e. The summed E-state index contributed by atoms with van der Waals surface area (Å²) in [7, 11) is -4.01. The first-order chi connectivity index (χ1) is 18.4. The van der Waals surface area contributed by atoms with Crippen LogP contribution in [0.4, 0.5) is 5.69 Å². The number of ether oxygens (including phenoxy) is 1.